The SMILES string of the molecule is O=S(=O)(CCNC1CC1)N1CCc2sccc2C1. The summed E-state index contributed by atoms with van der Waals surface area (Å²) in [5.41, 5.74) is 1.19. The van der Waals surface area contributed by atoms with Gasteiger partial charge in [-0.1, -0.05) is 0 Å². The third kappa shape index (κ3) is 2.77. The van der Waals surface area contributed by atoms with Crippen molar-refractivity contribution in [2.75, 3.05) is 18.8 Å². The summed E-state index contributed by atoms with van der Waals surface area (Å²) in [4.78, 5) is 1.34. The minimum absolute atomic E-state index is 0.225. The molecule has 1 N–H and O–H groups in total. The van der Waals surface area contributed by atoms with Crippen LogP contribution in [0.5, 0.6) is 0 Å². The Labute approximate surface area is 112 Å². The van der Waals surface area contributed by atoms with E-state index in [2.05, 4.69) is 10.7 Å². The van der Waals surface area contributed by atoms with Gasteiger partial charge >= 0.3 is 0 Å². The van der Waals surface area contributed by atoms with Gasteiger partial charge in [0.05, 0.1) is 5.75 Å². The summed E-state index contributed by atoms with van der Waals surface area (Å²) in [6, 6.07) is 2.62. The molecule has 1 aliphatic carbocycles. The minimum Gasteiger partial charge on any atom is -0.313 e. The predicted octanol–water partition coefficient (Wildman–Crippen LogP) is 1.19. The minimum atomic E-state index is -3.10. The van der Waals surface area contributed by atoms with Gasteiger partial charge in [0.2, 0.25) is 10.0 Å². The molecule has 100 valence electrons. The lowest BCUT2D eigenvalue weighted by atomic mass is 10.1. The van der Waals surface area contributed by atoms with E-state index in [4.69, 9.17) is 0 Å². The van der Waals surface area contributed by atoms with E-state index in [1.807, 2.05) is 6.07 Å². The van der Waals surface area contributed by atoms with Gasteiger partial charge in [-0.15, -0.1) is 11.3 Å². The number of fused-ring (bicyclic) bond motifs is 1. The van der Waals surface area contributed by atoms with Gasteiger partial charge in [-0.25, -0.2) is 8.42 Å². The van der Waals surface area contributed by atoms with Crippen LogP contribution in [0.2, 0.25) is 0 Å². The van der Waals surface area contributed by atoms with Crippen molar-refractivity contribution >= 4 is 21.4 Å². The molecule has 0 saturated heterocycles. The summed E-state index contributed by atoms with van der Waals surface area (Å²) in [6.45, 7) is 1.78. The topological polar surface area (TPSA) is 49.4 Å². The maximum Gasteiger partial charge on any atom is 0.215 e. The van der Waals surface area contributed by atoms with E-state index in [-0.39, 0.29) is 5.75 Å². The van der Waals surface area contributed by atoms with Gasteiger partial charge in [0, 0.05) is 30.6 Å². The van der Waals surface area contributed by atoms with Gasteiger partial charge in [0.25, 0.3) is 0 Å². The number of nitrogens with zero attached hydrogens (tertiary/aromatic N) is 1. The second kappa shape index (κ2) is 4.92. The zero-order valence-electron chi connectivity index (χ0n) is 10.3. The van der Waals surface area contributed by atoms with Crippen molar-refractivity contribution in [2.24, 2.45) is 0 Å². The molecule has 1 aliphatic heterocycles. The van der Waals surface area contributed by atoms with Crippen LogP contribution in [0.15, 0.2) is 11.4 Å². The highest BCUT2D eigenvalue weighted by Gasteiger charge is 2.28. The van der Waals surface area contributed by atoms with Crippen molar-refractivity contribution in [1.82, 2.24) is 9.62 Å². The van der Waals surface area contributed by atoms with Crippen LogP contribution in [0.1, 0.15) is 23.3 Å². The molecule has 0 spiro atoms. The Morgan fingerprint density at radius 2 is 2.28 bits per heavy atom. The van der Waals surface area contributed by atoms with E-state index in [9.17, 15) is 8.42 Å². The summed E-state index contributed by atoms with van der Waals surface area (Å²) >= 11 is 1.73. The first-order valence-electron chi connectivity index (χ1n) is 6.41. The molecule has 6 heteroatoms. The quantitative estimate of drug-likeness (QED) is 0.884. The monoisotopic (exact) mass is 286 g/mol. The first-order valence-corrected chi connectivity index (χ1v) is 8.90. The first kappa shape index (κ1) is 12.6. The van der Waals surface area contributed by atoms with Gasteiger partial charge in [-0.05, 0) is 36.3 Å². The van der Waals surface area contributed by atoms with E-state index < -0.39 is 10.0 Å². The molecule has 4 nitrogen and oxygen atoms in total. The largest absolute Gasteiger partial charge is 0.313 e. The van der Waals surface area contributed by atoms with Crippen LogP contribution in [-0.2, 0) is 23.0 Å². The van der Waals surface area contributed by atoms with Gasteiger partial charge < -0.3 is 5.32 Å². The van der Waals surface area contributed by atoms with Crippen molar-refractivity contribution in [3.05, 3.63) is 21.9 Å². The van der Waals surface area contributed by atoms with Crippen LogP contribution in [0.3, 0.4) is 0 Å². The fourth-order valence-corrected chi connectivity index (χ4v) is 4.50. The Kier molecular flexibility index (Phi) is 3.44. The molecule has 2 aliphatic rings. The zero-order valence-corrected chi connectivity index (χ0v) is 11.9. The third-order valence-corrected chi connectivity index (χ3v) is 6.38. The number of sulfonamides is 1. The van der Waals surface area contributed by atoms with E-state index in [1.165, 1.54) is 23.3 Å². The van der Waals surface area contributed by atoms with Crippen LogP contribution in [0.4, 0.5) is 0 Å². The molecular weight excluding hydrogens is 268 g/mol. The second-order valence-electron chi connectivity index (χ2n) is 5.00. The number of thiophene rings is 1. The van der Waals surface area contributed by atoms with E-state index >= 15 is 0 Å². The zero-order chi connectivity index (χ0) is 12.6. The second-order valence-corrected chi connectivity index (χ2v) is 8.09. The summed E-state index contributed by atoms with van der Waals surface area (Å²) in [5.74, 6) is 0.225. The fraction of sp³-hybridized carbons (Fsp3) is 0.667. The van der Waals surface area contributed by atoms with Gasteiger partial charge in [0.15, 0.2) is 0 Å². The molecule has 0 radical (unpaired) electrons. The molecule has 18 heavy (non-hydrogen) atoms. The highest BCUT2D eigenvalue weighted by molar-refractivity contribution is 7.89. The first-order chi connectivity index (χ1) is 8.65. The number of hydrogen-bond acceptors (Lipinski definition) is 4. The molecule has 0 aromatic carbocycles. The average molecular weight is 286 g/mol. The number of hydrogen-bond donors (Lipinski definition) is 1. The molecule has 3 rings (SSSR count). The Hall–Kier alpha value is -0.430. The predicted molar refractivity (Wildman–Crippen MR) is 73.2 cm³/mol. The molecule has 0 atom stereocenters. The number of rotatable bonds is 5. The molecule has 1 aromatic heterocycles. The van der Waals surface area contributed by atoms with E-state index in [1.54, 1.807) is 15.6 Å². The molecule has 1 fully saturated rings. The summed E-state index contributed by atoms with van der Waals surface area (Å²) in [7, 11) is -3.10. The average Bonchev–Trinajstić information content (AvgIpc) is 3.04. The summed E-state index contributed by atoms with van der Waals surface area (Å²) < 4.78 is 26.1. The van der Waals surface area contributed by atoms with Crippen molar-refractivity contribution in [2.45, 2.75) is 31.8 Å². The van der Waals surface area contributed by atoms with Gasteiger partial charge in [0.1, 0.15) is 0 Å². The molecule has 0 bridgehead atoms. The highest BCUT2D eigenvalue weighted by atomic mass is 32.2. The maximum atomic E-state index is 12.2. The summed E-state index contributed by atoms with van der Waals surface area (Å²) in [5, 5.41) is 5.31. The van der Waals surface area contributed by atoms with Crippen LogP contribution in [0.25, 0.3) is 0 Å². The normalized spacial score (nSPS) is 20.9. The lowest BCUT2D eigenvalue weighted by molar-refractivity contribution is 0.393. The smallest absolute Gasteiger partial charge is 0.215 e. The number of nitrogens with one attached hydrogen (secondary N) is 1. The lowest BCUT2D eigenvalue weighted by Crippen LogP contribution is -2.39. The Balaban J connectivity index is 1.59. The third-order valence-electron chi connectivity index (χ3n) is 3.54. The Morgan fingerprint density at radius 1 is 1.44 bits per heavy atom. The Bertz CT molecular complexity index is 520. The van der Waals surface area contributed by atoms with E-state index in [0.29, 0.717) is 25.7 Å². The molecule has 2 heterocycles. The van der Waals surface area contributed by atoms with Gasteiger partial charge in [-0.2, -0.15) is 4.31 Å². The van der Waals surface area contributed by atoms with Crippen LogP contribution >= 0.6 is 11.3 Å². The van der Waals surface area contributed by atoms with E-state index in [0.717, 1.165) is 6.42 Å². The highest BCUT2D eigenvalue weighted by Crippen LogP contribution is 2.25. The van der Waals surface area contributed by atoms with Crippen molar-refractivity contribution in [1.29, 1.82) is 0 Å². The fourth-order valence-electron chi connectivity index (χ4n) is 2.27. The Morgan fingerprint density at radius 3 is 3.06 bits per heavy atom. The van der Waals surface area contributed by atoms with Crippen molar-refractivity contribution < 1.29 is 8.42 Å². The molecule has 0 unspecified atom stereocenters. The standard InChI is InChI=1S/C12H18N2O2S2/c15-18(16,8-5-13-11-1-2-11)14-6-3-12-10(9-14)4-7-17-12/h4,7,11,13H,1-3,5-6,8-9H2. The van der Waals surface area contributed by atoms with Crippen LogP contribution in [0, 0.1) is 0 Å². The molecule has 1 aromatic rings. The van der Waals surface area contributed by atoms with Crippen LogP contribution < -0.4 is 5.32 Å². The van der Waals surface area contributed by atoms with Crippen LogP contribution in [-0.4, -0.2) is 37.6 Å². The summed E-state index contributed by atoms with van der Waals surface area (Å²) in [6.07, 6.45) is 3.26. The molecule has 1 saturated carbocycles. The van der Waals surface area contributed by atoms with Crippen molar-refractivity contribution in [3.8, 4) is 0 Å². The van der Waals surface area contributed by atoms with Crippen molar-refractivity contribution in [3.63, 3.8) is 0 Å². The van der Waals surface area contributed by atoms with Gasteiger partial charge in [-0.3, -0.25) is 0 Å². The maximum absolute atomic E-state index is 12.2. The molecule has 0 amide bonds. The molecular formula is C12H18N2O2S2. The lowest BCUT2D eigenvalue weighted by Gasteiger charge is -2.26.